The Morgan fingerprint density at radius 1 is 1.19 bits per heavy atom. The SMILES string of the molecule is Cc1ccccc1-c1cnc2c(c1)C(=O)N([C@H](C)CO)C[C@@H](C)[C@@H](CN(C)Cc1ccccc1F)O2. The number of aliphatic hydroxyl groups excluding tert-OH is 1. The summed E-state index contributed by atoms with van der Waals surface area (Å²) in [6.45, 7) is 7.12. The van der Waals surface area contributed by atoms with Crippen molar-refractivity contribution in [1.29, 1.82) is 0 Å². The molecule has 0 saturated heterocycles. The van der Waals surface area contributed by atoms with E-state index in [0.717, 1.165) is 16.7 Å². The molecule has 6 nitrogen and oxygen atoms in total. The van der Waals surface area contributed by atoms with Gasteiger partial charge in [-0.15, -0.1) is 0 Å². The molecule has 1 N–H and O–H groups in total. The molecule has 36 heavy (non-hydrogen) atoms. The monoisotopic (exact) mass is 491 g/mol. The molecule has 0 fully saturated rings. The Balaban J connectivity index is 1.67. The van der Waals surface area contributed by atoms with Crippen LogP contribution in [0.15, 0.2) is 60.8 Å². The number of carbonyl (C=O) groups excluding carboxylic acids is 1. The van der Waals surface area contributed by atoms with Crippen molar-refractivity contribution < 1.29 is 19.0 Å². The van der Waals surface area contributed by atoms with Crippen molar-refractivity contribution in [3.8, 4) is 17.0 Å². The molecule has 0 spiro atoms. The summed E-state index contributed by atoms with van der Waals surface area (Å²) in [6, 6.07) is 16.2. The number of amides is 1. The lowest BCUT2D eigenvalue weighted by Gasteiger charge is -2.37. The van der Waals surface area contributed by atoms with Gasteiger partial charge in [0.25, 0.3) is 5.91 Å². The van der Waals surface area contributed by atoms with E-state index >= 15 is 0 Å². The van der Waals surface area contributed by atoms with E-state index in [2.05, 4.69) is 4.98 Å². The molecule has 0 bridgehead atoms. The van der Waals surface area contributed by atoms with E-state index in [1.54, 1.807) is 23.2 Å². The largest absolute Gasteiger partial charge is 0.472 e. The molecule has 1 aliphatic heterocycles. The Labute approximate surface area is 212 Å². The number of halogens is 1. The summed E-state index contributed by atoms with van der Waals surface area (Å²) in [7, 11) is 1.93. The van der Waals surface area contributed by atoms with Gasteiger partial charge in [-0.1, -0.05) is 49.4 Å². The zero-order valence-electron chi connectivity index (χ0n) is 21.3. The number of fused-ring (bicyclic) bond motifs is 1. The number of aromatic nitrogens is 1. The molecular weight excluding hydrogens is 457 g/mol. The van der Waals surface area contributed by atoms with E-state index < -0.39 is 0 Å². The average molecular weight is 492 g/mol. The third kappa shape index (κ3) is 5.58. The molecule has 0 saturated carbocycles. The summed E-state index contributed by atoms with van der Waals surface area (Å²) >= 11 is 0. The van der Waals surface area contributed by atoms with E-state index in [1.165, 1.54) is 6.07 Å². The Morgan fingerprint density at radius 2 is 1.92 bits per heavy atom. The fraction of sp³-hybridized carbons (Fsp3) is 0.379. The van der Waals surface area contributed by atoms with Crippen molar-refractivity contribution in [3.63, 3.8) is 0 Å². The molecule has 0 aliphatic carbocycles. The van der Waals surface area contributed by atoms with Crippen LogP contribution in [0.4, 0.5) is 4.39 Å². The first-order valence-corrected chi connectivity index (χ1v) is 12.3. The van der Waals surface area contributed by atoms with Crippen LogP contribution in [0.5, 0.6) is 5.88 Å². The molecule has 3 atom stereocenters. The van der Waals surface area contributed by atoms with Crippen molar-refractivity contribution in [2.75, 3.05) is 26.7 Å². The second kappa shape index (κ2) is 11.2. The van der Waals surface area contributed by atoms with Crippen molar-refractivity contribution in [2.24, 2.45) is 5.92 Å². The van der Waals surface area contributed by atoms with Gasteiger partial charge in [0.2, 0.25) is 5.88 Å². The first-order valence-electron chi connectivity index (χ1n) is 12.3. The van der Waals surface area contributed by atoms with Crippen LogP contribution in [-0.4, -0.2) is 64.7 Å². The smallest absolute Gasteiger partial charge is 0.259 e. The number of carbonyl (C=O) groups is 1. The highest BCUT2D eigenvalue weighted by molar-refractivity contribution is 5.98. The van der Waals surface area contributed by atoms with Gasteiger partial charge in [0, 0.05) is 42.9 Å². The average Bonchev–Trinajstić information content (AvgIpc) is 2.87. The molecule has 4 rings (SSSR count). The van der Waals surface area contributed by atoms with Crippen molar-refractivity contribution in [2.45, 2.75) is 39.5 Å². The van der Waals surface area contributed by atoms with Gasteiger partial charge in [0.1, 0.15) is 17.5 Å². The van der Waals surface area contributed by atoms with Gasteiger partial charge >= 0.3 is 0 Å². The summed E-state index contributed by atoms with van der Waals surface area (Å²) < 4.78 is 20.6. The molecule has 190 valence electrons. The third-order valence-corrected chi connectivity index (χ3v) is 6.87. The van der Waals surface area contributed by atoms with Gasteiger partial charge in [0.05, 0.1) is 12.6 Å². The number of likely N-dealkylation sites (N-methyl/N-ethyl adjacent to an activating group) is 1. The fourth-order valence-electron chi connectivity index (χ4n) is 4.65. The van der Waals surface area contributed by atoms with Gasteiger partial charge in [0.15, 0.2) is 0 Å². The summed E-state index contributed by atoms with van der Waals surface area (Å²) in [4.78, 5) is 22.0. The van der Waals surface area contributed by atoms with Crippen LogP contribution in [0.25, 0.3) is 11.1 Å². The van der Waals surface area contributed by atoms with Crippen LogP contribution in [-0.2, 0) is 6.54 Å². The number of benzene rings is 2. The van der Waals surface area contributed by atoms with Crippen LogP contribution in [0.1, 0.15) is 35.3 Å². The molecule has 1 aromatic heterocycles. The zero-order chi connectivity index (χ0) is 25.8. The molecule has 1 amide bonds. The number of hydrogen-bond acceptors (Lipinski definition) is 5. The third-order valence-electron chi connectivity index (χ3n) is 6.87. The van der Waals surface area contributed by atoms with Crippen molar-refractivity contribution >= 4 is 5.91 Å². The fourth-order valence-corrected chi connectivity index (χ4v) is 4.65. The summed E-state index contributed by atoms with van der Waals surface area (Å²) in [5.74, 6) is -0.208. The Morgan fingerprint density at radius 3 is 2.64 bits per heavy atom. The van der Waals surface area contributed by atoms with Gasteiger partial charge in [-0.2, -0.15) is 0 Å². The predicted molar refractivity (Wildman–Crippen MR) is 138 cm³/mol. The Hall–Kier alpha value is -3.29. The number of pyridine rings is 1. The van der Waals surface area contributed by atoms with Crippen LogP contribution in [0.2, 0.25) is 0 Å². The van der Waals surface area contributed by atoms with Crippen molar-refractivity contribution in [3.05, 3.63) is 83.3 Å². The maximum absolute atomic E-state index is 14.2. The van der Waals surface area contributed by atoms with Gasteiger partial charge in [-0.25, -0.2) is 9.37 Å². The van der Waals surface area contributed by atoms with E-state index in [0.29, 0.717) is 30.8 Å². The lowest BCUT2D eigenvalue weighted by Crippen LogP contribution is -2.49. The minimum Gasteiger partial charge on any atom is -0.472 e. The first kappa shape index (κ1) is 25.8. The van der Waals surface area contributed by atoms with E-state index in [1.807, 2.05) is 69.1 Å². The first-order chi connectivity index (χ1) is 17.3. The second-order valence-electron chi connectivity index (χ2n) is 9.80. The van der Waals surface area contributed by atoms with Crippen LogP contribution < -0.4 is 4.74 Å². The second-order valence-corrected chi connectivity index (χ2v) is 9.80. The molecular formula is C29H34FN3O3. The maximum atomic E-state index is 14.2. The molecule has 3 aromatic rings. The predicted octanol–water partition coefficient (Wildman–Crippen LogP) is 4.55. The highest BCUT2D eigenvalue weighted by atomic mass is 19.1. The minimum atomic E-state index is -0.357. The number of aryl methyl sites for hydroxylation is 1. The molecule has 7 heteroatoms. The molecule has 0 radical (unpaired) electrons. The van der Waals surface area contributed by atoms with Crippen LogP contribution in [0.3, 0.4) is 0 Å². The standard InChI is InChI=1S/C29H34FN3O3/c1-19-9-5-7-11-24(19)23-13-25-28(31-14-23)36-27(20(2)15-33(29(25)35)21(3)18-34)17-32(4)16-22-10-6-8-12-26(22)30/h5-14,20-21,27,34H,15-18H2,1-4H3/t20-,21-,27-/m1/s1. The Kier molecular flexibility index (Phi) is 8.01. The van der Waals surface area contributed by atoms with Crippen LogP contribution in [0, 0.1) is 18.7 Å². The minimum absolute atomic E-state index is 0.0444. The molecule has 2 heterocycles. The zero-order valence-corrected chi connectivity index (χ0v) is 21.3. The lowest BCUT2D eigenvalue weighted by molar-refractivity contribution is 0.0324. The van der Waals surface area contributed by atoms with E-state index in [-0.39, 0.29) is 42.3 Å². The molecule has 0 unspecified atom stereocenters. The summed E-state index contributed by atoms with van der Waals surface area (Å²) in [6.07, 6.45) is 1.44. The number of nitrogens with zero attached hydrogens (tertiary/aromatic N) is 3. The normalized spacial score (nSPS) is 18.9. The Bertz CT molecular complexity index is 1220. The van der Waals surface area contributed by atoms with E-state index in [9.17, 15) is 14.3 Å². The lowest BCUT2D eigenvalue weighted by atomic mass is 9.98. The van der Waals surface area contributed by atoms with Gasteiger partial charge in [-0.05, 0) is 44.2 Å². The van der Waals surface area contributed by atoms with Gasteiger partial charge in [-0.3, -0.25) is 9.69 Å². The molecule has 2 aromatic carbocycles. The van der Waals surface area contributed by atoms with Gasteiger partial charge < -0.3 is 14.7 Å². The number of hydrogen-bond donors (Lipinski definition) is 1. The quantitative estimate of drug-likeness (QED) is 0.525. The highest BCUT2D eigenvalue weighted by Crippen LogP contribution is 2.31. The summed E-state index contributed by atoms with van der Waals surface area (Å²) in [5.41, 5.74) is 3.91. The number of rotatable bonds is 7. The molecule has 1 aliphatic rings. The highest BCUT2D eigenvalue weighted by Gasteiger charge is 2.34. The summed E-state index contributed by atoms with van der Waals surface area (Å²) in [5, 5.41) is 9.89. The number of aliphatic hydroxyl groups is 1. The number of ether oxygens (including phenoxy) is 1. The topological polar surface area (TPSA) is 65.9 Å². The van der Waals surface area contributed by atoms with Crippen LogP contribution >= 0.6 is 0 Å². The maximum Gasteiger partial charge on any atom is 0.259 e. The van der Waals surface area contributed by atoms with E-state index in [4.69, 9.17) is 4.74 Å². The van der Waals surface area contributed by atoms with Crippen molar-refractivity contribution in [1.82, 2.24) is 14.8 Å².